The summed E-state index contributed by atoms with van der Waals surface area (Å²) in [6.45, 7) is 10.5. The Bertz CT molecular complexity index is 88.2. The molecule has 0 saturated heterocycles. The van der Waals surface area contributed by atoms with E-state index >= 15 is 0 Å². The van der Waals surface area contributed by atoms with Crippen LogP contribution in [0.1, 0.15) is 40.5 Å². The zero-order valence-electron chi connectivity index (χ0n) is 10.2. The van der Waals surface area contributed by atoms with Gasteiger partial charge in [0.25, 0.3) is 0 Å². The van der Waals surface area contributed by atoms with Gasteiger partial charge in [-0.3, -0.25) is 0 Å². The Morgan fingerprint density at radius 2 is 1.43 bits per heavy atom. The highest BCUT2D eigenvalue weighted by Gasteiger charge is 2.09. The summed E-state index contributed by atoms with van der Waals surface area (Å²) in [5.74, 6) is 0. The second-order valence-corrected chi connectivity index (χ2v) is 4.99. The normalized spacial score (nSPS) is 9.86. The summed E-state index contributed by atoms with van der Waals surface area (Å²) in [6.07, 6.45) is 2.49. The fourth-order valence-electron chi connectivity index (χ4n) is 0.957. The van der Waals surface area contributed by atoms with E-state index in [0.717, 1.165) is 25.8 Å². The first-order chi connectivity index (χ1) is 6.76. The number of nitrogens with two attached hydrogens (primary N) is 1. The molecule has 0 saturated carbocycles. The van der Waals surface area contributed by atoms with Crippen molar-refractivity contribution in [2.75, 3.05) is 19.8 Å². The van der Waals surface area contributed by atoms with Crippen LogP contribution in [-0.4, -0.2) is 29.0 Å². The van der Waals surface area contributed by atoms with Gasteiger partial charge in [0.1, 0.15) is 0 Å². The molecule has 2 N–H and O–H groups in total. The first-order valence-corrected chi connectivity index (χ1v) is 7.45. The molecule has 0 heterocycles. The lowest BCUT2D eigenvalue weighted by Crippen LogP contribution is -2.22. The van der Waals surface area contributed by atoms with E-state index in [9.17, 15) is 0 Å². The van der Waals surface area contributed by atoms with E-state index < -0.39 is 9.28 Å². The van der Waals surface area contributed by atoms with E-state index in [0.29, 0.717) is 0 Å². The predicted octanol–water partition coefficient (Wildman–Crippen LogP) is 2.04. The first-order valence-electron chi connectivity index (χ1n) is 5.69. The highest BCUT2D eigenvalue weighted by atomic mass is 28.3. The topological polar surface area (TPSA) is 44.5 Å². The van der Waals surface area contributed by atoms with Crippen LogP contribution in [0.15, 0.2) is 0 Å². The summed E-state index contributed by atoms with van der Waals surface area (Å²) in [6, 6.07) is 1.16. The molecular weight excluding hydrogens is 194 g/mol. The quantitative estimate of drug-likeness (QED) is 0.669. The highest BCUT2D eigenvalue weighted by Crippen LogP contribution is 2.03. The molecule has 0 unspecified atom stereocenters. The lowest BCUT2D eigenvalue weighted by atomic mass is 10.4. The average Bonchev–Trinajstić information content (AvgIpc) is 2.16. The molecule has 0 aromatic carbocycles. The lowest BCUT2D eigenvalue weighted by Gasteiger charge is -2.13. The largest absolute Gasteiger partial charge is 0.397 e. The third kappa shape index (κ3) is 14.6. The summed E-state index contributed by atoms with van der Waals surface area (Å²) >= 11 is 0. The average molecular weight is 221 g/mol. The number of rotatable bonds is 7. The van der Waals surface area contributed by atoms with Crippen LogP contribution in [-0.2, 0) is 8.85 Å². The van der Waals surface area contributed by atoms with Crippen LogP contribution in [0.3, 0.4) is 0 Å². The summed E-state index contributed by atoms with van der Waals surface area (Å²) < 4.78 is 11.0. The van der Waals surface area contributed by atoms with E-state index in [1.165, 1.54) is 12.8 Å². The zero-order chi connectivity index (χ0) is 11.2. The molecule has 0 radical (unpaired) electrons. The summed E-state index contributed by atoms with van der Waals surface area (Å²) in [5, 5.41) is 0. The van der Waals surface area contributed by atoms with Crippen molar-refractivity contribution in [3.05, 3.63) is 0 Å². The molecule has 14 heavy (non-hydrogen) atoms. The number of unbranched alkanes of at least 4 members (excludes halogenated alkanes) is 1. The van der Waals surface area contributed by atoms with Gasteiger partial charge in [0.2, 0.25) is 0 Å². The van der Waals surface area contributed by atoms with E-state index in [2.05, 4.69) is 6.92 Å². The molecule has 0 aliphatic rings. The van der Waals surface area contributed by atoms with Gasteiger partial charge in [0.05, 0.1) is 0 Å². The summed E-state index contributed by atoms with van der Waals surface area (Å²) in [5.41, 5.74) is 4.85. The number of hydrogen-bond acceptors (Lipinski definition) is 3. The molecule has 0 spiro atoms. The van der Waals surface area contributed by atoms with E-state index in [1.54, 1.807) is 0 Å². The molecule has 4 heteroatoms. The van der Waals surface area contributed by atoms with Gasteiger partial charge in [-0.25, -0.2) is 0 Å². The van der Waals surface area contributed by atoms with Crippen LogP contribution in [0.2, 0.25) is 6.04 Å². The minimum Gasteiger partial charge on any atom is -0.397 e. The fraction of sp³-hybridized carbons (Fsp3) is 1.00. The Hall–Kier alpha value is 0.0969. The molecular formula is C10H27NO2Si. The maximum Gasteiger partial charge on any atom is 0.321 e. The van der Waals surface area contributed by atoms with E-state index in [1.807, 2.05) is 20.8 Å². The van der Waals surface area contributed by atoms with Crippen LogP contribution in [0.25, 0.3) is 0 Å². The van der Waals surface area contributed by atoms with Gasteiger partial charge in [-0.2, -0.15) is 0 Å². The van der Waals surface area contributed by atoms with Crippen LogP contribution >= 0.6 is 0 Å². The van der Waals surface area contributed by atoms with Crippen LogP contribution < -0.4 is 5.73 Å². The Labute approximate surface area is 90.8 Å². The molecule has 0 bridgehead atoms. The molecule has 0 amide bonds. The first kappa shape index (κ1) is 16.5. The van der Waals surface area contributed by atoms with Crippen molar-refractivity contribution in [1.29, 1.82) is 0 Å². The molecule has 0 aromatic rings. The van der Waals surface area contributed by atoms with E-state index in [4.69, 9.17) is 14.6 Å². The van der Waals surface area contributed by atoms with Gasteiger partial charge in [0.15, 0.2) is 0 Å². The lowest BCUT2D eigenvalue weighted by molar-refractivity contribution is 0.213. The molecule has 0 aliphatic heterocycles. The van der Waals surface area contributed by atoms with Gasteiger partial charge in [-0.1, -0.05) is 26.7 Å². The second-order valence-electron chi connectivity index (χ2n) is 2.89. The Morgan fingerprint density at radius 3 is 1.71 bits per heavy atom. The molecule has 0 aromatic heterocycles. The molecule has 88 valence electrons. The number of hydrogen-bond donors (Lipinski definition) is 1. The molecule has 0 aliphatic carbocycles. The minimum absolute atomic E-state index is 0.750. The summed E-state index contributed by atoms with van der Waals surface area (Å²) in [4.78, 5) is 0. The Morgan fingerprint density at radius 1 is 1.00 bits per heavy atom. The second kappa shape index (κ2) is 15.6. The third-order valence-corrected chi connectivity index (χ3v) is 3.79. The highest BCUT2D eigenvalue weighted by molar-refractivity contribution is 6.44. The maximum atomic E-state index is 5.50. The van der Waals surface area contributed by atoms with Crippen molar-refractivity contribution in [2.45, 2.75) is 46.6 Å². The van der Waals surface area contributed by atoms with Gasteiger partial charge < -0.3 is 14.6 Å². The van der Waals surface area contributed by atoms with Crippen LogP contribution in [0.4, 0.5) is 0 Å². The van der Waals surface area contributed by atoms with Gasteiger partial charge >= 0.3 is 9.28 Å². The third-order valence-electron chi connectivity index (χ3n) is 1.50. The standard InChI is InChI=1S/C8H20O2Si.C2H7N/c1-4-7-8-11(9-5-2)10-6-3;1-2-3/h11H,4-8H2,1-3H3;2-3H2,1H3. The molecule has 0 rings (SSSR count). The predicted molar refractivity (Wildman–Crippen MR) is 64.8 cm³/mol. The van der Waals surface area contributed by atoms with E-state index in [-0.39, 0.29) is 0 Å². The van der Waals surface area contributed by atoms with Gasteiger partial charge in [-0.15, -0.1) is 0 Å². The Kier molecular flexibility index (Phi) is 18.4. The molecule has 0 atom stereocenters. The zero-order valence-corrected chi connectivity index (χ0v) is 11.4. The maximum absolute atomic E-state index is 5.50. The Balaban J connectivity index is 0. The SMILES string of the molecule is CCCC[SiH](OCC)OCC.CCN. The monoisotopic (exact) mass is 221 g/mol. The van der Waals surface area contributed by atoms with Gasteiger partial charge in [-0.05, 0) is 26.4 Å². The molecule has 3 nitrogen and oxygen atoms in total. The minimum atomic E-state index is -1.25. The van der Waals surface area contributed by atoms with Gasteiger partial charge in [0, 0.05) is 13.2 Å². The van der Waals surface area contributed by atoms with Crippen molar-refractivity contribution in [3.8, 4) is 0 Å². The summed E-state index contributed by atoms with van der Waals surface area (Å²) in [7, 11) is -1.25. The fourth-order valence-corrected chi connectivity index (χ4v) is 2.87. The van der Waals surface area contributed by atoms with Crippen molar-refractivity contribution >= 4 is 9.28 Å². The van der Waals surface area contributed by atoms with Crippen molar-refractivity contribution in [2.24, 2.45) is 5.73 Å². The van der Waals surface area contributed by atoms with Crippen LogP contribution in [0.5, 0.6) is 0 Å². The van der Waals surface area contributed by atoms with Crippen molar-refractivity contribution in [3.63, 3.8) is 0 Å². The smallest absolute Gasteiger partial charge is 0.321 e. The van der Waals surface area contributed by atoms with Crippen molar-refractivity contribution in [1.82, 2.24) is 0 Å². The molecule has 0 fully saturated rings. The van der Waals surface area contributed by atoms with Crippen molar-refractivity contribution < 1.29 is 8.85 Å². The van der Waals surface area contributed by atoms with Crippen LogP contribution in [0, 0.1) is 0 Å².